The van der Waals surface area contributed by atoms with Gasteiger partial charge in [0, 0.05) is 0 Å². The molecule has 144 valence electrons. The van der Waals surface area contributed by atoms with Crippen LogP contribution in [0.3, 0.4) is 0 Å². The van der Waals surface area contributed by atoms with Crippen LogP contribution in [-0.2, 0) is 12.4 Å². The third kappa shape index (κ3) is 5.88. The van der Waals surface area contributed by atoms with Gasteiger partial charge in [-0.1, -0.05) is 23.7 Å². The van der Waals surface area contributed by atoms with E-state index in [1.807, 2.05) is 5.43 Å². The van der Waals surface area contributed by atoms with Gasteiger partial charge in [-0.25, -0.2) is 10.2 Å². The predicted octanol–water partition coefficient (Wildman–Crippen LogP) is 5.53. The maximum absolute atomic E-state index is 12.5. The van der Waals surface area contributed by atoms with E-state index in [1.165, 1.54) is 0 Å². The average molecular weight is 410 g/mol. The van der Waals surface area contributed by atoms with E-state index in [-0.39, 0.29) is 16.3 Å². The molecule has 2 N–H and O–H groups in total. The van der Waals surface area contributed by atoms with Crippen molar-refractivity contribution in [1.29, 1.82) is 0 Å². The quantitative estimate of drug-likeness (QED) is 0.391. The van der Waals surface area contributed by atoms with E-state index in [0.29, 0.717) is 6.07 Å². The smallest absolute Gasteiger partial charge is 0.305 e. The summed E-state index contributed by atoms with van der Waals surface area (Å²) in [7, 11) is 0. The molecule has 2 rings (SSSR count). The Kier molecular flexibility index (Phi) is 5.99. The van der Waals surface area contributed by atoms with Crippen molar-refractivity contribution in [2.75, 3.05) is 5.32 Å². The second kappa shape index (κ2) is 7.87. The first-order chi connectivity index (χ1) is 12.5. The van der Waals surface area contributed by atoms with Crippen molar-refractivity contribution in [2.45, 2.75) is 12.4 Å². The van der Waals surface area contributed by atoms with E-state index >= 15 is 0 Å². The molecule has 2 aromatic carbocycles. The Balaban J connectivity index is 1.95. The SMILES string of the molecule is O=C(NN=Cc1ccc(C(F)(F)F)cc1)Nc1ccc(C(F)(F)F)cc1Cl. The van der Waals surface area contributed by atoms with Crippen LogP contribution in [0.1, 0.15) is 16.7 Å². The van der Waals surface area contributed by atoms with E-state index in [0.717, 1.165) is 42.6 Å². The second-order valence-corrected chi connectivity index (χ2v) is 5.54. The van der Waals surface area contributed by atoms with Gasteiger partial charge in [0.25, 0.3) is 0 Å². The number of alkyl halides is 6. The van der Waals surface area contributed by atoms with Gasteiger partial charge in [0.1, 0.15) is 0 Å². The van der Waals surface area contributed by atoms with Crippen LogP contribution >= 0.6 is 11.6 Å². The number of anilines is 1. The molecule has 0 bridgehead atoms. The van der Waals surface area contributed by atoms with E-state index in [2.05, 4.69) is 10.4 Å². The molecule has 0 heterocycles. The fraction of sp³-hybridized carbons (Fsp3) is 0.125. The van der Waals surface area contributed by atoms with Crippen LogP contribution in [0, 0.1) is 0 Å². The van der Waals surface area contributed by atoms with E-state index in [1.54, 1.807) is 0 Å². The topological polar surface area (TPSA) is 53.5 Å². The van der Waals surface area contributed by atoms with Crippen molar-refractivity contribution in [1.82, 2.24) is 5.43 Å². The highest BCUT2D eigenvalue weighted by Crippen LogP contribution is 2.33. The summed E-state index contributed by atoms with van der Waals surface area (Å²) in [5.74, 6) is 0. The first-order valence-electron chi connectivity index (χ1n) is 7.11. The number of hydrogen-bond donors (Lipinski definition) is 2. The Bertz CT molecular complexity index is 847. The van der Waals surface area contributed by atoms with Crippen molar-refractivity contribution in [3.8, 4) is 0 Å². The molecule has 0 aliphatic carbocycles. The third-order valence-corrected chi connectivity index (χ3v) is 3.48. The molecular formula is C16H10ClF6N3O. The Hall–Kier alpha value is -2.75. The van der Waals surface area contributed by atoms with Crippen LogP contribution in [0.4, 0.5) is 36.8 Å². The lowest BCUT2D eigenvalue weighted by atomic mass is 10.1. The van der Waals surface area contributed by atoms with Crippen LogP contribution in [0.2, 0.25) is 5.02 Å². The largest absolute Gasteiger partial charge is 0.416 e. The summed E-state index contributed by atoms with van der Waals surface area (Å²) < 4.78 is 74.9. The Labute approximate surface area is 153 Å². The monoisotopic (exact) mass is 409 g/mol. The zero-order chi connectivity index (χ0) is 20.2. The number of urea groups is 1. The molecule has 0 saturated carbocycles. The molecule has 0 unspecified atom stereocenters. The zero-order valence-electron chi connectivity index (χ0n) is 13.1. The minimum absolute atomic E-state index is 0.0769. The Morgan fingerprint density at radius 2 is 1.48 bits per heavy atom. The maximum atomic E-state index is 12.5. The van der Waals surface area contributed by atoms with Gasteiger partial charge in [0.15, 0.2) is 0 Å². The van der Waals surface area contributed by atoms with Gasteiger partial charge >= 0.3 is 18.4 Å². The summed E-state index contributed by atoms with van der Waals surface area (Å²) in [6.45, 7) is 0. The van der Waals surface area contributed by atoms with Crippen LogP contribution < -0.4 is 10.7 Å². The van der Waals surface area contributed by atoms with Gasteiger partial charge in [0.05, 0.1) is 28.1 Å². The number of amides is 2. The van der Waals surface area contributed by atoms with Crippen LogP contribution in [0.5, 0.6) is 0 Å². The molecule has 0 aliphatic rings. The number of hydrogen-bond acceptors (Lipinski definition) is 2. The summed E-state index contributed by atoms with van der Waals surface area (Å²) >= 11 is 5.69. The molecule has 0 spiro atoms. The average Bonchev–Trinajstić information content (AvgIpc) is 2.55. The minimum Gasteiger partial charge on any atom is -0.305 e. The summed E-state index contributed by atoms with van der Waals surface area (Å²) in [6, 6.07) is 5.48. The summed E-state index contributed by atoms with van der Waals surface area (Å²) in [5.41, 5.74) is 0.419. The number of carbonyl (C=O) groups is 1. The molecule has 0 aliphatic heterocycles. The number of halogens is 7. The molecule has 0 radical (unpaired) electrons. The highest BCUT2D eigenvalue weighted by atomic mass is 35.5. The fourth-order valence-electron chi connectivity index (χ4n) is 1.87. The normalized spacial score (nSPS) is 12.3. The van der Waals surface area contributed by atoms with Crippen LogP contribution in [0.15, 0.2) is 47.6 Å². The second-order valence-electron chi connectivity index (χ2n) is 5.14. The molecule has 27 heavy (non-hydrogen) atoms. The van der Waals surface area contributed by atoms with Gasteiger partial charge in [-0.2, -0.15) is 31.4 Å². The minimum atomic E-state index is -4.57. The van der Waals surface area contributed by atoms with Crippen molar-refractivity contribution in [3.05, 3.63) is 64.2 Å². The van der Waals surface area contributed by atoms with Gasteiger partial charge in [-0.05, 0) is 35.9 Å². The fourth-order valence-corrected chi connectivity index (χ4v) is 2.09. The lowest BCUT2D eigenvalue weighted by Gasteiger charge is -2.10. The number of nitrogens with one attached hydrogen (secondary N) is 2. The molecular weight excluding hydrogens is 400 g/mol. The molecule has 2 aromatic rings. The van der Waals surface area contributed by atoms with Crippen LogP contribution in [0.25, 0.3) is 0 Å². The summed E-state index contributed by atoms with van der Waals surface area (Å²) in [6.07, 6.45) is -7.95. The lowest BCUT2D eigenvalue weighted by molar-refractivity contribution is -0.138. The molecule has 0 aromatic heterocycles. The van der Waals surface area contributed by atoms with Crippen LogP contribution in [-0.4, -0.2) is 12.2 Å². The van der Waals surface area contributed by atoms with E-state index in [4.69, 9.17) is 11.6 Å². The number of rotatable bonds is 3. The lowest BCUT2D eigenvalue weighted by Crippen LogP contribution is -2.24. The molecule has 0 saturated heterocycles. The van der Waals surface area contributed by atoms with Crippen molar-refractivity contribution in [3.63, 3.8) is 0 Å². The summed E-state index contributed by atoms with van der Waals surface area (Å²) in [5, 5.41) is 5.39. The predicted molar refractivity (Wildman–Crippen MR) is 87.6 cm³/mol. The molecule has 11 heteroatoms. The van der Waals surface area contributed by atoms with Gasteiger partial charge in [-0.15, -0.1) is 0 Å². The van der Waals surface area contributed by atoms with Crippen molar-refractivity contribution >= 4 is 29.5 Å². The van der Waals surface area contributed by atoms with E-state index in [9.17, 15) is 31.1 Å². The van der Waals surface area contributed by atoms with Gasteiger partial charge in [0.2, 0.25) is 0 Å². The van der Waals surface area contributed by atoms with E-state index < -0.39 is 29.5 Å². The highest BCUT2D eigenvalue weighted by Gasteiger charge is 2.31. The molecule has 0 fully saturated rings. The first-order valence-corrected chi connectivity index (χ1v) is 7.48. The summed E-state index contributed by atoms with van der Waals surface area (Å²) in [4.78, 5) is 11.7. The molecule has 4 nitrogen and oxygen atoms in total. The third-order valence-electron chi connectivity index (χ3n) is 3.16. The Morgan fingerprint density at radius 1 is 0.926 bits per heavy atom. The molecule has 2 amide bonds. The number of hydrazone groups is 1. The number of benzene rings is 2. The first kappa shape index (κ1) is 20.6. The highest BCUT2D eigenvalue weighted by molar-refractivity contribution is 6.33. The van der Waals surface area contributed by atoms with Crippen molar-refractivity contribution in [2.24, 2.45) is 5.10 Å². The molecule has 0 atom stereocenters. The van der Waals surface area contributed by atoms with Crippen molar-refractivity contribution < 1.29 is 31.1 Å². The number of carbonyl (C=O) groups excluding carboxylic acids is 1. The van der Waals surface area contributed by atoms with Gasteiger partial charge in [-0.3, -0.25) is 0 Å². The Morgan fingerprint density at radius 3 is 2.00 bits per heavy atom. The maximum Gasteiger partial charge on any atom is 0.416 e. The van der Waals surface area contributed by atoms with Gasteiger partial charge < -0.3 is 5.32 Å². The zero-order valence-corrected chi connectivity index (χ0v) is 13.9. The number of nitrogens with zero attached hydrogens (tertiary/aromatic N) is 1. The standard InChI is InChI=1S/C16H10ClF6N3O/c17-12-7-11(16(21,22)23)5-6-13(12)25-14(27)26-24-8-9-1-3-10(4-2-9)15(18,19)20/h1-8H,(H2,25,26,27).